The third-order valence-electron chi connectivity index (χ3n) is 15.7. The number of benzene rings is 6. The first-order valence-electron chi connectivity index (χ1n) is 29.7. The number of aliphatic hydroxyl groups is 1. The van der Waals surface area contributed by atoms with Gasteiger partial charge in [0, 0.05) is 125 Å². The average molecular weight is 1560 g/mol. The fourth-order valence-electron chi connectivity index (χ4n) is 11.3. The average Bonchev–Trinajstić information content (AvgIpc) is 1.27. The fourth-order valence-corrected chi connectivity index (χ4v) is 11.3. The van der Waals surface area contributed by atoms with Crippen LogP contribution in [0, 0.1) is 90.0 Å². The van der Waals surface area contributed by atoms with Crippen molar-refractivity contribution in [3.05, 3.63) is 140 Å². The van der Waals surface area contributed by atoms with Crippen molar-refractivity contribution in [1.82, 2.24) is 29.4 Å². The number of hydrogen-bond acceptors (Lipinski definition) is 23. The van der Waals surface area contributed by atoms with Gasteiger partial charge in [-0.1, -0.05) is 70.9 Å². The Kier molecular flexibility index (Phi) is 37.4. The summed E-state index contributed by atoms with van der Waals surface area (Å²) in [5.41, 5.74) is 10.0. The van der Waals surface area contributed by atoms with Crippen molar-refractivity contribution in [2.24, 2.45) is 0 Å². The zero-order valence-corrected chi connectivity index (χ0v) is 60.4. The maximum Gasteiger partial charge on any atom is 3.00 e. The van der Waals surface area contributed by atoms with Gasteiger partial charge in [0.05, 0.1) is 42.7 Å². The van der Waals surface area contributed by atoms with E-state index in [-0.39, 0.29) is 106 Å². The van der Waals surface area contributed by atoms with E-state index in [9.17, 15) is 30.6 Å². The van der Waals surface area contributed by atoms with Crippen LogP contribution in [0.25, 0.3) is 0 Å². The van der Waals surface area contributed by atoms with Crippen LogP contribution in [0.4, 0.5) is 0 Å². The molecule has 0 amide bonds. The van der Waals surface area contributed by atoms with Gasteiger partial charge < -0.3 is 64.2 Å². The monoisotopic (exact) mass is 1560 g/mol. The number of methoxy groups -OCH3 is 6. The quantitative estimate of drug-likeness (QED) is 0.112. The minimum Gasteiger partial charge on any atom is -0.870 e. The number of aryl methyl sites for hydroxylation is 6. The Bertz CT molecular complexity index is 2750. The summed E-state index contributed by atoms with van der Waals surface area (Å²) in [7, 11) is 5.17. The van der Waals surface area contributed by atoms with Crippen LogP contribution >= 0.6 is 0 Å². The molecule has 2 aliphatic heterocycles. The first kappa shape index (κ1) is 85.1. The molecule has 23 nitrogen and oxygen atoms in total. The smallest absolute Gasteiger partial charge is 0.870 e. The number of aliphatic hydroxyl groups excluding tert-OH is 1. The minimum atomic E-state index is -4.94. The van der Waals surface area contributed by atoms with E-state index < -0.39 is 10.2 Å². The summed E-state index contributed by atoms with van der Waals surface area (Å²) in [6.45, 7) is 23.2. The third-order valence-corrected chi connectivity index (χ3v) is 15.7. The summed E-state index contributed by atoms with van der Waals surface area (Å²) in [5, 5.41) is 85.3. The van der Waals surface area contributed by atoms with Gasteiger partial charge in [0.1, 0.15) is 34.5 Å². The van der Waals surface area contributed by atoms with Gasteiger partial charge in [-0.3, -0.25) is 29.4 Å². The summed E-state index contributed by atoms with van der Waals surface area (Å²) >= 11 is 0. The number of hydrogen-bond donors (Lipinski definition) is 1. The van der Waals surface area contributed by atoms with Gasteiger partial charge >= 0.3 is 71.2 Å². The molecule has 0 aliphatic carbocycles. The molecule has 1 radical (unpaired) electrons. The number of ether oxygens (including phenoxy) is 6. The zero-order chi connectivity index (χ0) is 67.3. The fraction of sp³-hybridized carbons (Fsp3) is 0.463. The van der Waals surface area contributed by atoms with Crippen molar-refractivity contribution >= 4 is 0 Å². The number of rotatable bonds is 18. The molecule has 2 heterocycles. The third kappa shape index (κ3) is 26.1. The second-order valence-corrected chi connectivity index (χ2v) is 23.5. The van der Waals surface area contributed by atoms with E-state index in [2.05, 4.69) is 29.4 Å². The van der Waals surface area contributed by atoms with E-state index in [1.807, 2.05) is 77.9 Å². The number of nitrogens with zero attached hydrogens (tertiary/aromatic N) is 6. The Morgan fingerprint density at radius 1 is 0.287 bits per heavy atom. The molecule has 1 N–H and O–H groups in total. The second kappa shape index (κ2) is 41.3. The van der Waals surface area contributed by atoms with Gasteiger partial charge in [0.15, 0.2) is 0 Å². The van der Waals surface area contributed by atoms with E-state index in [1.54, 1.807) is 36.4 Å². The van der Waals surface area contributed by atoms with Gasteiger partial charge in [-0.25, -0.2) is 18.6 Å². The van der Waals surface area contributed by atoms with Gasteiger partial charge in [0.25, 0.3) is 0 Å². The van der Waals surface area contributed by atoms with E-state index in [0.29, 0.717) is 186 Å². The predicted octanol–water partition coefficient (Wildman–Crippen LogP) is 0.204. The van der Waals surface area contributed by atoms with Gasteiger partial charge in [0.2, 0.25) is 0 Å². The van der Waals surface area contributed by atoms with Crippen LogP contribution in [-0.4, -0.2) is 163 Å². The Morgan fingerprint density at radius 3 is 0.489 bits per heavy atom. The largest absolute Gasteiger partial charge is 3.00 e. The Hall–Kier alpha value is -4.97. The molecule has 0 unspecified atom stereocenters. The van der Waals surface area contributed by atoms with E-state index in [4.69, 9.17) is 52.2 Å². The van der Waals surface area contributed by atoms with E-state index in [0.717, 1.165) is 40.5 Å². The SMILES string of the molecule is CO.COc1cc(C)cc(CN2CCN(Cc3cc(C)cc(OC)c3[O-])CCN(Cc3cc(C)cc(OC)c3[O-])CC2)c1[O-].COc1cc(C)cc(CN2CCN(Cc3cc(C)cc(OC)c3[O-])CCN(Cc3cc(C)cc(OC)c3[O-])CC2)c1[O-].[Dy+3].[Ni+2].[Ni+2].[O-][Cl+3]([O-])([O-])[O-]. The topological polar surface area (TPSA) is 326 Å². The van der Waals surface area contributed by atoms with Gasteiger partial charge in [-0.2, -0.15) is 0 Å². The first-order valence-corrected chi connectivity index (χ1v) is 30.9. The first-order chi connectivity index (χ1) is 43.2. The van der Waals surface area contributed by atoms with Crippen LogP contribution in [0.2, 0.25) is 0 Å². The maximum atomic E-state index is 13.1. The molecular formula is C67H88ClDyN6Ni2O17. The molecule has 2 fully saturated rings. The van der Waals surface area contributed by atoms with Crippen molar-refractivity contribution in [3.8, 4) is 69.0 Å². The summed E-state index contributed by atoms with van der Waals surface area (Å²) in [6, 6.07) is 22.2. The van der Waals surface area contributed by atoms with Crippen LogP contribution in [0.3, 0.4) is 0 Å². The van der Waals surface area contributed by atoms with Crippen LogP contribution in [0.1, 0.15) is 66.8 Å². The molecule has 0 aromatic heterocycles. The molecule has 6 aromatic rings. The second-order valence-electron chi connectivity index (χ2n) is 22.8. The summed E-state index contributed by atoms with van der Waals surface area (Å²) < 4.78 is 66.0. The molecule has 0 bridgehead atoms. The van der Waals surface area contributed by atoms with Crippen LogP contribution < -0.4 is 77.7 Å². The summed E-state index contributed by atoms with van der Waals surface area (Å²) in [6.07, 6.45) is 0. The molecule has 0 atom stereocenters. The van der Waals surface area contributed by atoms with Crippen molar-refractivity contribution in [1.29, 1.82) is 0 Å². The summed E-state index contributed by atoms with van der Waals surface area (Å²) in [4.78, 5) is 13.6. The normalized spacial score (nSPS) is 14.6. The summed E-state index contributed by atoms with van der Waals surface area (Å²) in [5.74, 6) is 1.54. The van der Waals surface area contributed by atoms with Crippen LogP contribution in [0.5, 0.6) is 69.0 Å². The molecule has 0 saturated carbocycles. The molecule has 525 valence electrons. The molecule has 2 aliphatic rings. The van der Waals surface area contributed by atoms with Crippen LogP contribution in [0.15, 0.2) is 72.8 Å². The van der Waals surface area contributed by atoms with E-state index in [1.165, 1.54) is 42.7 Å². The molecule has 0 spiro atoms. The van der Waals surface area contributed by atoms with Crippen LogP contribution in [-0.2, 0) is 72.3 Å². The van der Waals surface area contributed by atoms with Crippen molar-refractivity contribution < 1.29 is 164 Å². The van der Waals surface area contributed by atoms with Crippen molar-refractivity contribution in [3.63, 3.8) is 0 Å². The Balaban J connectivity index is 0.000000566. The zero-order valence-electron chi connectivity index (χ0n) is 55.6. The molecule has 94 heavy (non-hydrogen) atoms. The van der Waals surface area contributed by atoms with Crippen molar-refractivity contribution in [2.45, 2.75) is 80.8 Å². The maximum absolute atomic E-state index is 13.1. The Morgan fingerprint density at radius 2 is 0.394 bits per heavy atom. The predicted molar refractivity (Wildman–Crippen MR) is 323 cm³/mol. The number of halogens is 1. The minimum absolute atomic E-state index is 0. The Labute approximate surface area is 606 Å². The molecule has 6 aromatic carbocycles. The molecular weight excluding hydrogens is 1480 g/mol. The van der Waals surface area contributed by atoms with Gasteiger partial charge in [-0.05, 0) is 145 Å². The van der Waals surface area contributed by atoms with Crippen molar-refractivity contribution in [2.75, 3.05) is 128 Å². The molecule has 8 rings (SSSR count). The molecule has 2 saturated heterocycles. The molecule has 27 heteroatoms. The van der Waals surface area contributed by atoms with Gasteiger partial charge in [-0.15, -0.1) is 10.2 Å². The van der Waals surface area contributed by atoms with E-state index >= 15 is 0 Å². The standard InChI is InChI=1S/2C33H45N3O6.CH4O.ClHO4.Dy.2Ni/c2*1-22-13-25(31(37)28(16-22)40-4)19-34-7-9-35(20-26-14-23(2)17-29(41-5)32(26)38)11-12-36(10-8-34)21-27-15-24(3)18-30(42-6)33(27)39;1-2;2-1(3,4)5;;;/h2*13-18,37-39H,7-12,19-21H2,1-6H3;2H,1H3;(H,2,3,4,5);;;/q;;;;+3;2*+2/p-7.